The second kappa shape index (κ2) is 9.23. The van der Waals surface area contributed by atoms with Gasteiger partial charge in [-0.1, -0.05) is 42.5 Å². The molecule has 0 N–H and O–H groups in total. The average molecular weight is 511 g/mol. The Bertz CT molecular complexity index is 1280. The number of carbonyl (C=O) groups is 1. The Morgan fingerprint density at radius 2 is 1.16 bits per heavy atom. The third-order valence-electron chi connectivity index (χ3n) is 6.55. The molecular formula is C31H33F3O3. The van der Waals surface area contributed by atoms with Gasteiger partial charge in [-0.15, -0.1) is 0 Å². The summed E-state index contributed by atoms with van der Waals surface area (Å²) >= 11 is 0. The number of aryl methyl sites for hydroxylation is 2. The molecule has 0 bridgehead atoms. The number of hydrogen-bond donors (Lipinski definition) is 0. The van der Waals surface area contributed by atoms with E-state index in [1.807, 2.05) is 20.8 Å². The highest BCUT2D eigenvalue weighted by atomic mass is 19.4. The van der Waals surface area contributed by atoms with E-state index in [9.17, 15) is 4.79 Å². The van der Waals surface area contributed by atoms with Gasteiger partial charge in [0.25, 0.3) is 0 Å². The topological polar surface area (TPSA) is 35.5 Å². The van der Waals surface area contributed by atoms with Crippen LogP contribution < -0.4 is 9.47 Å². The van der Waals surface area contributed by atoms with E-state index in [4.69, 9.17) is 9.47 Å². The van der Waals surface area contributed by atoms with Crippen LogP contribution in [0.5, 0.6) is 11.5 Å². The Hall–Kier alpha value is -3.28. The molecule has 0 aliphatic heterocycles. The highest BCUT2D eigenvalue weighted by molar-refractivity contribution is 5.77. The molecule has 0 radical (unpaired) electrons. The Morgan fingerprint density at radius 1 is 0.676 bits per heavy atom. The molecule has 3 aromatic rings. The summed E-state index contributed by atoms with van der Waals surface area (Å²) in [4.78, 5) is 12.3. The van der Waals surface area contributed by atoms with Gasteiger partial charge >= 0.3 is 12.1 Å². The van der Waals surface area contributed by atoms with E-state index in [1.165, 1.54) is 36.4 Å². The largest absolute Gasteiger partial charge is 0.488 e. The monoisotopic (exact) mass is 510 g/mol. The van der Waals surface area contributed by atoms with Crippen LogP contribution in [0.3, 0.4) is 0 Å². The van der Waals surface area contributed by atoms with E-state index in [2.05, 4.69) is 0 Å². The summed E-state index contributed by atoms with van der Waals surface area (Å²) < 4.78 is 57.5. The minimum Gasteiger partial charge on any atom is -0.488 e. The van der Waals surface area contributed by atoms with Gasteiger partial charge in [-0.25, -0.2) is 0 Å². The van der Waals surface area contributed by atoms with Gasteiger partial charge in [0.1, 0.15) is 22.5 Å². The fourth-order valence-electron chi connectivity index (χ4n) is 4.58. The van der Waals surface area contributed by atoms with Crippen LogP contribution in [0.2, 0.25) is 0 Å². The van der Waals surface area contributed by atoms with Crippen LogP contribution in [0.25, 0.3) is 0 Å². The number of rotatable bonds is 5. The van der Waals surface area contributed by atoms with Crippen LogP contribution in [-0.2, 0) is 23.1 Å². The Morgan fingerprint density at radius 3 is 1.57 bits per heavy atom. The maximum Gasteiger partial charge on any atom is 0.406 e. The number of hydrogen-bond acceptors (Lipinski definition) is 3. The number of ether oxygens (including phenoxy) is 2. The second-order valence-corrected chi connectivity index (χ2v) is 11.6. The van der Waals surface area contributed by atoms with Crippen LogP contribution >= 0.6 is 0 Å². The van der Waals surface area contributed by atoms with E-state index in [1.54, 1.807) is 51.1 Å². The Kier molecular flexibility index (Phi) is 6.68. The summed E-state index contributed by atoms with van der Waals surface area (Å²) in [5.74, 6) is 0.235. The predicted molar refractivity (Wildman–Crippen MR) is 138 cm³/mol. The van der Waals surface area contributed by atoms with Gasteiger partial charge in [-0.05, 0) is 106 Å². The number of benzene rings is 3. The van der Waals surface area contributed by atoms with Crippen LogP contribution in [0, 0.1) is 5.41 Å². The van der Waals surface area contributed by atoms with Gasteiger partial charge in [-0.3, -0.25) is 4.79 Å². The van der Waals surface area contributed by atoms with Gasteiger partial charge in [0, 0.05) is 0 Å². The first-order valence-corrected chi connectivity index (χ1v) is 12.4. The van der Waals surface area contributed by atoms with Crippen molar-refractivity contribution in [3.05, 3.63) is 94.5 Å². The third-order valence-corrected chi connectivity index (χ3v) is 6.55. The van der Waals surface area contributed by atoms with Crippen molar-refractivity contribution in [2.75, 3.05) is 0 Å². The lowest BCUT2D eigenvalue weighted by molar-refractivity contribution is -0.166. The van der Waals surface area contributed by atoms with E-state index >= 15 is 13.2 Å². The van der Waals surface area contributed by atoms with Gasteiger partial charge in [0.2, 0.25) is 0 Å². The standard InChI is InChI=1S/C31H33F3O3/c1-28(2,3)27(35)36-25-15-11-22(12-16-25)30(31(32,33)34,24-10-9-20-7-8-21(20)19-24)23-13-17-26(18-14-23)37-29(4,5)6/h9-19H,7-8H2,1-6H3. The van der Waals surface area contributed by atoms with Crippen LogP contribution in [0.1, 0.15) is 69.4 Å². The molecule has 0 fully saturated rings. The van der Waals surface area contributed by atoms with E-state index in [0.717, 1.165) is 24.0 Å². The molecule has 0 saturated carbocycles. The van der Waals surface area contributed by atoms with Crippen molar-refractivity contribution in [3.63, 3.8) is 0 Å². The molecule has 37 heavy (non-hydrogen) atoms. The lowest BCUT2D eigenvalue weighted by atomic mass is 9.67. The smallest absolute Gasteiger partial charge is 0.406 e. The molecule has 3 aromatic carbocycles. The van der Waals surface area contributed by atoms with Crippen molar-refractivity contribution < 1.29 is 27.4 Å². The van der Waals surface area contributed by atoms with E-state index in [0.29, 0.717) is 5.75 Å². The van der Waals surface area contributed by atoms with Crippen LogP contribution in [0.15, 0.2) is 66.7 Å². The van der Waals surface area contributed by atoms with Crippen LogP contribution in [-0.4, -0.2) is 17.7 Å². The first-order valence-electron chi connectivity index (χ1n) is 12.4. The number of fused-ring (bicyclic) bond motifs is 1. The summed E-state index contributed by atoms with van der Waals surface area (Å²) in [7, 11) is 0. The molecule has 0 saturated heterocycles. The van der Waals surface area contributed by atoms with Crippen LogP contribution in [0.4, 0.5) is 13.2 Å². The van der Waals surface area contributed by atoms with Crippen molar-refractivity contribution in [3.8, 4) is 11.5 Å². The number of alkyl halides is 3. The predicted octanol–water partition coefficient (Wildman–Crippen LogP) is 7.81. The van der Waals surface area contributed by atoms with E-state index in [-0.39, 0.29) is 22.4 Å². The highest BCUT2D eigenvalue weighted by Crippen LogP contribution is 2.52. The van der Waals surface area contributed by atoms with Gasteiger partial charge in [0.15, 0.2) is 0 Å². The summed E-state index contributed by atoms with van der Waals surface area (Å²) in [6.07, 6.45) is -3.03. The maximum atomic E-state index is 15.4. The molecule has 0 heterocycles. The summed E-state index contributed by atoms with van der Waals surface area (Å²) in [5.41, 5.74) is -1.35. The quantitative estimate of drug-likeness (QED) is 0.199. The molecule has 3 nitrogen and oxygen atoms in total. The molecule has 0 spiro atoms. The summed E-state index contributed by atoms with van der Waals surface area (Å²) in [6.45, 7) is 10.8. The first-order chi connectivity index (χ1) is 17.1. The average Bonchev–Trinajstić information content (AvgIpc) is 2.75. The zero-order valence-electron chi connectivity index (χ0n) is 22.1. The van der Waals surface area contributed by atoms with Gasteiger partial charge in [0.05, 0.1) is 5.41 Å². The zero-order valence-corrected chi connectivity index (χ0v) is 22.1. The molecule has 4 rings (SSSR count). The molecule has 6 heteroatoms. The van der Waals surface area contributed by atoms with Gasteiger partial charge in [-0.2, -0.15) is 13.2 Å². The fourth-order valence-corrected chi connectivity index (χ4v) is 4.58. The minimum atomic E-state index is -4.67. The Balaban J connectivity index is 1.87. The molecule has 1 unspecified atom stereocenters. The fraction of sp³-hybridized carbons (Fsp3) is 0.387. The third kappa shape index (κ3) is 5.25. The lowest BCUT2D eigenvalue weighted by Crippen LogP contribution is -2.44. The first kappa shape index (κ1) is 26.8. The number of halogens is 3. The second-order valence-electron chi connectivity index (χ2n) is 11.6. The molecule has 1 aliphatic rings. The van der Waals surface area contributed by atoms with E-state index < -0.39 is 28.6 Å². The minimum absolute atomic E-state index is 0.0410. The highest BCUT2D eigenvalue weighted by Gasteiger charge is 2.58. The van der Waals surface area contributed by atoms with Crippen molar-refractivity contribution in [2.24, 2.45) is 5.41 Å². The molecule has 196 valence electrons. The van der Waals surface area contributed by atoms with Crippen molar-refractivity contribution in [1.82, 2.24) is 0 Å². The molecule has 0 aromatic heterocycles. The molecule has 1 atom stereocenters. The van der Waals surface area contributed by atoms with Crippen molar-refractivity contribution in [2.45, 2.75) is 71.6 Å². The maximum absolute atomic E-state index is 15.4. The van der Waals surface area contributed by atoms with Gasteiger partial charge < -0.3 is 9.47 Å². The lowest BCUT2D eigenvalue weighted by Gasteiger charge is -2.39. The zero-order chi connectivity index (χ0) is 27.2. The molecule has 1 aliphatic carbocycles. The number of esters is 1. The Labute approximate surface area is 216 Å². The summed E-state index contributed by atoms with van der Waals surface area (Å²) in [6, 6.07) is 16.9. The van der Waals surface area contributed by atoms with Crippen molar-refractivity contribution >= 4 is 5.97 Å². The summed E-state index contributed by atoms with van der Waals surface area (Å²) in [5, 5.41) is 0. The number of carbonyl (C=O) groups excluding carboxylic acids is 1. The molecular weight excluding hydrogens is 477 g/mol. The van der Waals surface area contributed by atoms with Crippen molar-refractivity contribution in [1.29, 1.82) is 0 Å². The normalized spacial score (nSPS) is 15.3. The SMILES string of the molecule is CC(C)(C)Oc1ccc(C(c2ccc(OC(=O)C(C)(C)C)cc2)(c2ccc3c(c2)CC3)C(F)(F)F)cc1. The molecule has 0 amide bonds.